The topological polar surface area (TPSA) is 90.7 Å². The smallest absolute Gasteiger partial charge is 0.260 e. The van der Waals surface area contributed by atoms with E-state index in [1.54, 1.807) is 17.0 Å². The molecule has 0 spiro atoms. The van der Waals surface area contributed by atoms with Crippen LogP contribution < -0.4 is 4.74 Å². The van der Waals surface area contributed by atoms with Crippen LogP contribution in [0.1, 0.15) is 22.3 Å². The Hall–Kier alpha value is -2.89. The second-order valence-electron chi connectivity index (χ2n) is 7.41. The molecule has 3 rings (SSSR count). The number of carbonyl (C=O) groups is 1. The fraction of sp³-hybridized carbons (Fsp3) is 0.364. The summed E-state index contributed by atoms with van der Waals surface area (Å²) in [7, 11) is -3.78. The Bertz CT molecular complexity index is 1070. The molecule has 0 atom stereocenters. The Balaban J connectivity index is 1.62. The van der Waals surface area contributed by atoms with Gasteiger partial charge in [0.25, 0.3) is 5.91 Å². The monoisotopic (exact) mass is 427 g/mol. The molecule has 0 radical (unpaired) electrons. The van der Waals surface area contributed by atoms with E-state index in [0.29, 0.717) is 5.75 Å². The van der Waals surface area contributed by atoms with Gasteiger partial charge in [-0.15, -0.1) is 0 Å². The highest BCUT2D eigenvalue weighted by Gasteiger charge is 2.31. The predicted octanol–water partition coefficient (Wildman–Crippen LogP) is 2.40. The Kier molecular flexibility index (Phi) is 6.44. The van der Waals surface area contributed by atoms with Crippen molar-refractivity contribution >= 4 is 15.9 Å². The first-order valence-corrected chi connectivity index (χ1v) is 11.2. The van der Waals surface area contributed by atoms with Gasteiger partial charge in [-0.1, -0.05) is 29.8 Å². The summed E-state index contributed by atoms with van der Waals surface area (Å²) in [5.74, 6) is 0.534. The zero-order valence-corrected chi connectivity index (χ0v) is 18.2. The van der Waals surface area contributed by atoms with E-state index in [1.807, 2.05) is 39.0 Å². The number of piperazine rings is 1. The van der Waals surface area contributed by atoms with Gasteiger partial charge >= 0.3 is 0 Å². The number of sulfonamides is 1. The molecule has 0 saturated carbocycles. The molecule has 7 nitrogen and oxygen atoms in total. The van der Waals surface area contributed by atoms with Gasteiger partial charge in [0.15, 0.2) is 6.61 Å². The van der Waals surface area contributed by atoms with Gasteiger partial charge in [-0.05, 0) is 44.0 Å². The molecule has 0 aromatic heterocycles. The maximum Gasteiger partial charge on any atom is 0.260 e. The fourth-order valence-corrected chi connectivity index (χ4v) is 5.28. The average molecular weight is 428 g/mol. The summed E-state index contributed by atoms with van der Waals surface area (Å²) in [4.78, 5) is 14.2. The SMILES string of the molecule is Cc1cc(C)c(OCC(=O)N2CCN(S(=O)(=O)c3ccccc3C#N)CC2)c(C)c1. The summed E-state index contributed by atoms with van der Waals surface area (Å²) in [5.41, 5.74) is 3.21. The van der Waals surface area contributed by atoms with E-state index in [1.165, 1.54) is 16.4 Å². The molecule has 1 heterocycles. The van der Waals surface area contributed by atoms with Crippen molar-refractivity contribution in [2.45, 2.75) is 25.7 Å². The molecule has 158 valence electrons. The maximum atomic E-state index is 12.9. The van der Waals surface area contributed by atoms with Gasteiger partial charge < -0.3 is 9.64 Å². The quantitative estimate of drug-likeness (QED) is 0.731. The first kappa shape index (κ1) is 21.8. The molecule has 2 aromatic rings. The molecule has 1 saturated heterocycles. The predicted molar refractivity (Wildman–Crippen MR) is 113 cm³/mol. The van der Waals surface area contributed by atoms with Crippen LogP contribution in [-0.2, 0) is 14.8 Å². The van der Waals surface area contributed by atoms with Crippen LogP contribution in [0.25, 0.3) is 0 Å². The molecule has 0 unspecified atom stereocenters. The highest BCUT2D eigenvalue weighted by atomic mass is 32.2. The normalized spacial score (nSPS) is 14.9. The third-order valence-corrected chi connectivity index (χ3v) is 7.12. The average Bonchev–Trinajstić information content (AvgIpc) is 2.72. The number of rotatable bonds is 5. The van der Waals surface area contributed by atoms with Crippen LogP contribution in [-0.4, -0.2) is 56.3 Å². The van der Waals surface area contributed by atoms with Gasteiger partial charge in [-0.2, -0.15) is 9.57 Å². The molecule has 1 fully saturated rings. The second kappa shape index (κ2) is 8.86. The lowest BCUT2D eigenvalue weighted by Gasteiger charge is -2.34. The standard InChI is InChI=1S/C22H25N3O4S/c1-16-12-17(2)22(18(3)13-16)29-15-21(26)24-8-10-25(11-9-24)30(27,28)20-7-5-4-6-19(20)14-23/h4-7,12-13H,8-11,15H2,1-3H3. The number of hydrogen-bond donors (Lipinski definition) is 0. The van der Waals surface area contributed by atoms with Crippen molar-refractivity contribution < 1.29 is 17.9 Å². The summed E-state index contributed by atoms with van der Waals surface area (Å²) in [6.45, 7) is 6.73. The molecular weight excluding hydrogens is 402 g/mol. The zero-order valence-electron chi connectivity index (χ0n) is 17.4. The minimum atomic E-state index is -3.78. The van der Waals surface area contributed by atoms with E-state index in [-0.39, 0.29) is 49.2 Å². The number of aryl methyl sites for hydroxylation is 3. The van der Waals surface area contributed by atoms with Gasteiger partial charge in [0.1, 0.15) is 11.8 Å². The maximum absolute atomic E-state index is 12.9. The van der Waals surface area contributed by atoms with Crippen LogP contribution in [0.2, 0.25) is 0 Å². The summed E-state index contributed by atoms with van der Waals surface area (Å²) < 4.78 is 32.9. The number of nitriles is 1. The Morgan fingerprint density at radius 1 is 1.07 bits per heavy atom. The van der Waals surface area contributed by atoms with Crippen LogP contribution in [0.3, 0.4) is 0 Å². The lowest BCUT2D eigenvalue weighted by atomic mass is 10.1. The third kappa shape index (κ3) is 4.48. The van der Waals surface area contributed by atoms with Crippen LogP contribution in [0, 0.1) is 32.1 Å². The molecule has 0 aliphatic carbocycles. The Morgan fingerprint density at radius 3 is 2.27 bits per heavy atom. The van der Waals surface area contributed by atoms with Crippen molar-refractivity contribution in [3.05, 3.63) is 58.7 Å². The fourth-order valence-electron chi connectivity index (χ4n) is 3.72. The van der Waals surface area contributed by atoms with Gasteiger partial charge in [0.2, 0.25) is 10.0 Å². The van der Waals surface area contributed by atoms with E-state index in [2.05, 4.69) is 0 Å². The summed E-state index contributed by atoms with van der Waals surface area (Å²) in [5, 5.41) is 9.20. The van der Waals surface area contributed by atoms with Crippen molar-refractivity contribution in [2.75, 3.05) is 32.8 Å². The molecule has 1 amide bonds. The van der Waals surface area contributed by atoms with Crippen molar-refractivity contribution in [1.29, 1.82) is 5.26 Å². The zero-order chi connectivity index (χ0) is 21.9. The van der Waals surface area contributed by atoms with E-state index in [4.69, 9.17) is 4.74 Å². The molecule has 1 aliphatic heterocycles. The van der Waals surface area contributed by atoms with Crippen LogP contribution in [0.15, 0.2) is 41.3 Å². The molecule has 0 bridgehead atoms. The number of benzene rings is 2. The molecule has 0 N–H and O–H groups in total. The van der Waals surface area contributed by atoms with Crippen molar-refractivity contribution in [2.24, 2.45) is 0 Å². The van der Waals surface area contributed by atoms with Gasteiger partial charge in [0.05, 0.1) is 10.5 Å². The minimum Gasteiger partial charge on any atom is -0.483 e. The van der Waals surface area contributed by atoms with Gasteiger partial charge in [0, 0.05) is 26.2 Å². The summed E-state index contributed by atoms with van der Waals surface area (Å²) >= 11 is 0. The lowest BCUT2D eigenvalue weighted by Crippen LogP contribution is -2.51. The highest BCUT2D eigenvalue weighted by molar-refractivity contribution is 7.89. The number of ether oxygens (including phenoxy) is 1. The van der Waals surface area contributed by atoms with Crippen LogP contribution in [0.5, 0.6) is 5.75 Å². The highest BCUT2D eigenvalue weighted by Crippen LogP contribution is 2.25. The first-order valence-electron chi connectivity index (χ1n) is 9.71. The molecule has 30 heavy (non-hydrogen) atoms. The summed E-state index contributed by atoms with van der Waals surface area (Å²) in [6.07, 6.45) is 0. The number of carbonyl (C=O) groups excluding carboxylic acids is 1. The van der Waals surface area contributed by atoms with Gasteiger partial charge in [-0.25, -0.2) is 8.42 Å². The van der Waals surface area contributed by atoms with Crippen LogP contribution >= 0.6 is 0 Å². The van der Waals surface area contributed by atoms with Gasteiger partial charge in [-0.3, -0.25) is 4.79 Å². The second-order valence-corrected chi connectivity index (χ2v) is 9.32. The van der Waals surface area contributed by atoms with E-state index >= 15 is 0 Å². The third-order valence-electron chi connectivity index (χ3n) is 5.16. The van der Waals surface area contributed by atoms with E-state index in [9.17, 15) is 18.5 Å². The van der Waals surface area contributed by atoms with E-state index in [0.717, 1.165) is 16.7 Å². The molecular formula is C22H25N3O4S. The first-order chi connectivity index (χ1) is 14.2. The molecule has 2 aromatic carbocycles. The van der Waals surface area contributed by atoms with Crippen molar-refractivity contribution in [3.8, 4) is 11.8 Å². The van der Waals surface area contributed by atoms with Crippen molar-refractivity contribution in [1.82, 2.24) is 9.21 Å². The summed E-state index contributed by atoms with van der Waals surface area (Å²) in [6, 6.07) is 12.1. The lowest BCUT2D eigenvalue weighted by molar-refractivity contribution is -0.134. The molecule has 8 heteroatoms. The number of hydrogen-bond acceptors (Lipinski definition) is 5. The number of amides is 1. The van der Waals surface area contributed by atoms with E-state index < -0.39 is 10.0 Å². The van der Waals surface area contributed by atoms with Crippen molar-refractivity contribution in [3.63, 3.8) is 0 Å². The Labute approximate surface area is 177 Å². The number of nitrogens with zero attached hydrogens (tertiary/aromatic N) is 3. The largest absolute Gasteiger partial charge is 0.483 e. The minimum absolute atomic E-state index is 0.000862. The molecule has 1 aliphatic rings. The Morgan fingerprint density at radius 2 is 1.67 bits per heavy atom. The van der Waals surface area contributed by atoms with Crippen LogP contribution in [0.4, 0.5) is 0 Å².